The summed E-state index contributed by atoms with van der Waals surface area (Å²) in [4.78, 5) is 19.3. The van der Waals surface area contributed by atoms with Crippen LogP contribution in [0.3, 0.4) is 0 Å². The van der Waals surface area contributed by atoms with Gasteiger partial charge in [0, 0.05) is 37.8 Å². The van der Waals surface area contributed by atoms with Crippen molar-refractivity contribution < 1.29 is 9.18 Å². The van der Waals surface area contributed by atoms with Gasteiger partial charge in [0.05, 0.1) is 6.04 Å². The fraction of sp³-hybridized carbons (Fsp3) is 0.500. The highest BCUT2D eigenvalue weighted by Gasteiger charge is 2.46. The summed E-state index contributed by atoms with van der Waals surface area (Å²) in [5, 5.41) is 0. The predicted octanol–water partition coefficient (Wildman–Crippen LogP) is 3.55. The number of amides is 1. The first-order valence-electron chi connectivity index (χ1n) is 9.23. The van der Waals surface area contributed by atoms with E-state index in [4.69, 9.17) is 0 Å². The van der Waals surface area contributed by atoms with Gasteiger partial charge in [0.2, 0.25) is 5.91 Å². The molecule has 0 spiro atoms. The highest BCUT2D eigenvalue weighted by Crippen LogP contribution is 2.49. The van der Waals surface area contributed by atoms with Crippen LogP contribution >= 0.6 is 0 Å². The molecule has 2 heterocycles. The molecule has 1 saturated heterocycles. The van der Waals surface area contributed by atoms with Gasteiger partial charge in [-0.25, -0.2) is 9.37 Å². The second kappa shape index (κ2) is 6.62. The van der Waals surface area contributed by atoms with Gasteiger partial charge in [-0.3, -0.25) is 4.79 Å². The number of piperidine rings is 1. The number of aromatic nitrogens is 2. The van der Waals surface area contributed by atoms with Gasteiger partial charge in [-0.2, -0.15) is 0 Å². The molecule has 3 atom stereocenters. The Morgan fingerprint density at radius 2 is 2.28 bits per heavy atom. The number of aryl methyl sites for hydroxylation is 1. The Balaban J connectivity index is 1.43. The highest BCUT2D eigenvalue weighted by molar-refractivity contribution is 5.83. The Bertz CT molecular complexity index is 772. The lowest BCUT2D eigenvalue weighted by molar-refractivity contribution is -0.134. The molecule has 0 radical (unpaired) electrons. The molecule has 25 heavy (non-hydrogen) atoms. The zero-order valence-corrected chi connectivity index (χ0v) is 14.6. The van der Waals surface area contributed by atoms with E-state index in [0.717, 1.165) is 50.2 Å². The number of nitrogens with zero attached hydrogens (tertiary/aromatic N) is 3. The van der Waals surface area contributed by atoms with Crippen LogP contribution in [0, 0.1) is 11.7 Å². The van der Waals surface area contributed by atoms with E-state index < -0.39 is 0 Å². The summed E-state index contributed by atoms with van der Waals surface area (Å²) in [7, 11) is 0. The fourth-order valence-corrected chi connectivity index (χ4v) is 4.14. The SMILES string of the molecule is CCc1nccn1[C@@H]1CCCN(C(=O)[C@H]2C[C@@H]2c2cccc(F)c2)C1. The van der Waals surface area contributed by atoms with Crippen molar-refractivity contribution in [3.63, 3.8) is 0 Å². The van der Waals surface area contributed by atoms with Crippen LogP contribution in [-0.2, 0) is 11.2 Å². The first-order valence-corrected chi connectivity index (χ1v) is 9.23. The van der Waals surface area contributed by atoms with Gasteiger partial charge < -0.3 is 9.47 Å². The lowest BCUT2D eigenvalue weighted by atomic mass is 10.0. The maximum Gasteiger partial charge on any atom is 0.226 e. The Morgan fingerprint density at radius 1 is 1.40 bits per heavy atom. The summed E-state index contributed by atoms with van der Waals surface area (Å²) in [5.74, 6) is 1.30. The van der Waals surface area contributed by atoms with Crippen molar-refractivity contribution in [1.82, 2.24) is 14.5 Å². The van der Waals surface area contributed by atoms with Gasteiger partial charge in [0.25, 0.3) is 0 Å². The average Bonchev–Trinajstić information content (AvgIpc) is 3.30. The molecule has 132 valence electrons. The number of imidazole rings is 1. The number of benzene rings is 1. The third-order valence-electron chi connectivity index (χ3n) is 5.55. The Labute approximate surface area is 147 Å². The maximum absolute atomic E-state index is 13.4. The van der Waals surface area contributed by atoms with Crippen LogP contribution in [0.1, 0.15) is 49.5 Å². The normalized spacial score (nSPS) is 25.8. The minimum atomic E-state index is -0.221. The van der Waals surface area contributed by atoms with Crippen molar-refractivity contribution in [2.24, 2.45) is 5.92 Å². The monoisotopic (exact) mass is 341 g/mol. The van der Waals surface area contributed by atoms with E-state index in [1.165, 1.54) is 6.07 Å². The van der Waals surface area contributed by atoms with Crippen molar-refractivity contribution in [2.45, 2.75) is 44.6 Å². The standard InChI is InChI=1S/C20H24FN3O/c1-2-19-22-8-10-24(19)16-7-4-9-23(13-16)20(25)18-12-17(18)14-5-3-6-15(21)11-14/h3,5-6,8,10-11,16-18H,2,4,7,9,12-13H2,1H3/t16-,17-,18+/m1/s1. The number of carbonyl (C=O) groups is 1. The summed E-state index contributed by atoms with van der Waals surface area (Å²) in [6.45, 7) is 3.70. The maximum atomic E-state index is 13.4. The summed E-state index contributed by atoms with van der Waals surface area (Å²) in [6.07, 6.45) is 7.74. The van der Waals surface area contributed by atoms with Gasteiger partial charge >= 0.3 is 0 Å². The molecule has 1 aromatic heterocycles. The van der Waals surface area contributed by atoms with E-state index in [-0.39, 0.29) is 23.6 Å². The zero-order chi connectivity index (χ0) is 17.4. The van der Waals surface area contributed by atoms with E-state index in [2.05, 4.69) is 16.5 Å². The topological polar surface area (TPSA) is 38.1 Å². The Morgan fingerprint density at radius 3 is 3.08 bits per heavy atom. The van der Waals surface area contributed by atoms with Gasteiger partial charge in [0.1, 0.15) is 11.6 Å². The first-order chi connectivity index (χ1) is 12.2. The molecule has 4 rings (SSSR count). The molecule has 1 aromatic carbocycles. The van der Waals surface area contributed by atoms with E-state index in [9.17, 15) is 9.18 Å². The number of hydrogen-bond donors (Lipinski definition) is 0. The van der Waals surface area contributed by atoms with Crippen LogP contribution in [0.15, 0.2) is 36.7 Å². The van der Waals surface area contributed by atoms with Crippen molar-refractivity contribution in [3.8, 4) is 0 Å². The molecule has 1 aliphatic carbocycles. The number of hydrogen-bond acceptors (Lipinski definition) is 2. The smallest absolute Gasteiger partial charge is 0.226 e. The van der Waals surface area contributed by atoms with Crippen molar-refractivity contribution in [2.75, 3.05) is 13.1 Å². The fourth-order valence-electron chi connectivity index (χ4n) is 4.14. The third kappa shape index (κ3) is 3.20. The molecule has 2 fully saturated rings. The van der Waals surface area contributed by atoms with Crippen LogP contribution in [0.4, 0.5) is 4.39 Å². The molecular weight excluding hydrogens is 317 g/mol. The van der Waals surface area contributed by atoms with Gasteiger partial charge in [-0.15, -0.1) is 0 Å². The molecule has 1 amide bonds. The summed E-state index contributed by atoms with van der Waals surface area (Å²) >= 11 is 0. The largest absolute Gasteiger partial charge is 0.340 e. The minimum Gasteiger partial charge on any atom is -0.340 e. The lowest BCUT2D eigenvalue weighted by Crippen LogP contribution is -2.41. The Hall–Kier alpha value is -2.17. The molecule has 1 saturated carbocycles. The van der Waals surface area contributed by atoms with Gasteiger partial charge in [-0.1, -0.05) is 19.1 Å². The van der Waals surface area contributed by atoms with Gasteiger partial charge in [0.15, 0.2) is 0 Å². The molecule has 0 bridgehead atoms. The second-order valence-corrected chi connectivity index (χ2v) is 7.19. The van der Waals surface area contributed by atoms with E-state index in [1.807, 2.05) is 23.4 Å². The van der Waals surface area contributed by atoms with Crippen molar-refractivity contribution in [1.29, 1.82) is 0 Å². The quantitative estimate of drug-likeness (QED) is 0.853. The lowest BCUT2D eigenvalue weighted by Gasteiger charge is -2.34. The summed E-state index contributed by atoms with van der Waals surface area (Å²) in [6, 6.07) is 7.00. The zero-order valence-electron chi connectivity index (χ0n) is 14.6. The van der Waals surface area contributed by atoms with E-state index >= 15 is 0 Å². The number of rotatable bonds is 4. The Kier molecular flexibility index (Phi) is 4.32. The third-order valence-corrected chi connectivity index (χ3v) is 5.55. The van der Waals surface area contributed by atoms with Crippen molar-refractivity contribution >= 4 is 5.91 Å². The number of carbonyl (C=O) groups excluding carboxylic acids is 1. The second-order valence-electron chi connectivity index (χ2n) is 7.19. The summed E-state index contributed by atoms with van der Waals surface area (Å²) < 4.78 is 15.6. The number of likely N-dealkylation sites (tertiary alicyclic amines) is 1. The van der Waals surface area contributed by atoms with E-state index in [1.54, 1.807) is 12.1 Å². The molecule has 0 N–H and O–H groups in total. The molecular formula is C20H24FN3O. The molecule has 2 aromatic rings. The average molecular weight is 341 g/mol. The van der Waals surface area contributed by atoms with Crippen LogP contribution in [0.2, 0.25) is 0 Å². The molecule has 0 unspecified atom stereocenters. The summed E-state index contributed by atoms with van der Waals surface area (Å²) in [5.41, 5.74) is 0.954. The minimum absolute atomic E-state index is 0.0222. The highest BCUT2D eigenvalue weighted by atomic mass is 19.1. The van der Waals surface area contributed by atoms with E-state index in [0.29, 0.717) is 6.04 Å². The van der Waals surface area contributed by atoms with Crippen LogP contribution in [-0.4, -0.2) is 33.4 Å². The van der Waals surface area contributed by atoms with Gasteiger partial charge in [-0.05, 0) is 42.9 Å². The molecule has 1 aliphatic heterocycles. The number of halogens is 1. The van der Waals surface area contributed by atoms with Crippen molar-refractivity contribution in [3.05, 3.63) is 53.9 Å². The van der Waals surface area contributed by atoms with Crippen LogP contribution in [0.5, 0.6) is 0 Å². The molecule has 4 nitrogen and oxygen atoms in total. The predicted molar refractivity (Wildman–Crippen MR) is 93.7 cm³/mol. The van der Waals surface area contributed by atoms with Crippen LogP contribution in [0.25, 0.3) is 0 Å². The molecule has 5 heteroatoms. The molecule has 2 aliphatic rings. The first kappa shape index (κ1) is 16.3. The van der Waals surface area contributed by atoms with Crippen LogP contribution < -0.4 is 0 Å².